The second-order valence-corrected chi connectivity index (χ2v) is 14.2. The minimum Gasteiger partial charge on any atom is -0.208 e. The van der Waals surface area contributed by atoms with Gasteiger partial charge in [-0.1, -0.05) is 117 Å². The third-order valence-corrected chi connectivity index (χ3v) is 10.6. The lowest BCUT2D eigenvalue weighted by Crippen LogP contribution is -2.38. The van der Waals surface area contributed by atoms with E-state index >= 15 is 0 Å². The van der Waals surface area contributed by atoms with E-state index in [0.717, 1.165) is 56.3 Å². The Balaban J connectivity index is 1.21. The van der Waals surface area contributed by atoms with Gasteiger partial charge in [-0.2, -0.15) is 5.26 Å². The molecule has 0 amide bonds. The molecular formula is C43H38N4. The Morgan fingerprint density at radius 2 is 1.30 bits per heavy atom. The van der Waals surface area contributed by atoms with Crippen molar-refractivity contribution in [1.82, 2.24) is 15.0 Å². The predicted molar refractivity (Wildman–Crippen MR) is 190 cm³/mol. The van der Waals surface area contributed by atoms with Gasteiger partial charge in [0.05, 0.1) is 11.6 Å². The van der Waals surface area contributed by atoms with Crippen molar-refractivity contribution in [3.63, 3.8) is 0 Å². The van der Waals surface area contributed by atoms with Gasteiger partial charge < -0.3 is 0 Å². The second-order valence-electron chi connectivity index (χ2n) is 14.2. The SMILES string of the molecule is C[C@@H]1CC(C)(c2ccc(-c3ccccc3-c3nc(-c4ccccc4)nc(-c4ccc5c(C#N)cccc5c4)n3)cc2)C[C@H]2C[C@@H](C1)C2. The van der Waals surface area contributed by atoms with Gasteiger partial charge in [-0.05, 0) is 94.9 Å². The molecule has 230 valence electrons. The van der Waals surface area contributed by atoms with Crippen molar-refractivity contribution in [2.45, 2.75) is 51.4 Å². The van der Waals surface area contributed by atoms with Crippen LogP contribution in [0.1, 0.15) is 57.1 Å². The number of nitriles is 1. The predicted octanol–water partition coefficient (Wildman–Crippen LogP) is 10.7. The lowest BCUT2D eigenvalue weighted by atomic mass is 9.58. The number of rotatable bonds is 5. The first kappa shape index (κ1) is 29.3. The van der Waals surface area contributed by atoms with E-state index in [4.69, 9.17) is 15.0 Å². The van der Waals surface area contributed by atoms with Gasteiger partial charge in [0.25, 0.3) is 0 Å². The smallest absolute Gasteiger partial charge is 0.164 e. The van der Waals surface area contributed by atoms with Gasteiger partial charge in [0.15, 0.2) is 17.5 Å². The highest BCUT2D eigenvalue weighted by atomic mass is 15.0. The summed E-state index contributed by atoms with van der Waals surface area (Å²) >= 11 is 0. The van der Waals surface area contributed by atoms with Gasteiger partial charge in [-0.15, -0.1) is 0 Å². The van der Waals surface area contributed by atoms with Crippen LogP contribution in [0.5, 0.6) is 0 Å². The van der Waals surface area contributed by atoms with Crippen LogP contribution in [0, 0.1) is 29.1 Å². The highest BCUT2D eigenvalue weighted by Gasteiger charge is 2.41. The van der Waals surface area contributed by atoms with Crippen molar-refractivity contribution in [3.8, 4) is 51.4 Å². The van der Waals surface area contributed by atoms with Gasteiger partial charge in [-0.3, -0.25) is 0 Å². The molecule has 2 atom stereocenters. The van der Waals surface area contributed by atoms with Crippen LogP contribution in [-0.4, -0.2) is 15.0 Å². The summed E-state index contributed by atoms with van der Waals surface area (Å²) in [5.41, 5.74) is 7.39. The summed E-state index contributed by atoms with van der Waals surface area (Å²) in [6, 6.07) is 42.0. The lowest BCUT2D eigenvalue weighted by Gasteiger charge is -2.47. The Morgan fingerprint density at radius 1 is 0.617 bits per heavy atom. The van der Waals surface area contributed by atoms with E-state index in [1.54, 1.807) is 0 Å². The molecule has 0 N–H and O–H groups in total. The van der Waals surface area contributed by atoms with Crippen molar-refractivity contribution in [2.75, 3.05) is 0 Å². The average Bonchev–Trinajstić information content (AvgIpc) is 3.09. The van der Waals surface area contributed by atoms with Crippen LogP contribution in [0.15, 0.2) is 115 Å². The van der Waals surface area contributed by atoms with E-state index in [1.807, 2.05) is 60.7 Å². The minimum atomic E-state index is 0.217. The van der Waals surface area contributed by atoms with E-state index in [-0.39, 0.29) is 5.41 Å². The Kier molecular flexibility index (Phi) is 7.41. The fourth-order valence-electron chi connectivity index (χ4n) is 8.45. The highest BCUT2D eigenvalue weighted by Crippen LogP contribution is 2.51. The molecule has 3 fully saturated rings. The summed E-state index contributed by atoms with van der Waals surface area (Å²) in [5, 5.41) is 11.5. The molecule has 4 nitrogen and oxygen atoms in total. The summed E-state index contributed by atoms with van der Waals surface area (Å²) in [6.45, 7) is 4.95. The molecule has 0 spiro atoms. The summed E-state index contributed by atoms with van der Waals surface area (Å²) in [4.78, 5) is 15.1. The number of fused-ring (bicyclic) bond motifs is 5. The zero-order valence-corrected chi connectivity index (χ0v) is 27.0. The molecule has 3 aliphatic rings. The Labute approximate surface area is 277 Å². The monoisotopic (exact) mass is 610 g/mol. The largest absolute Gasteiger partial charge is 0.208 e. The van der Waals surface area contributed by atoms with Crippen LogP contribution in [0.25, 0.3) is 56.1 Å². The van der Waals surface area contributed by atoms with Crippen LogP contribution in [0.2, 0.25) is 0 Å². The maximum atomic E-state index is 9.62. The maximum Gasteiger partial charge on any atom is 0.164 e. The third kappa shape index (κ3) is 5.61. The van der Waals surface area contributed by atoms with Gasteiger partial charge in [0.2, 0.25) is 0 Å². The van der Waals surface area contributed by atoms with Crippen LogP contribution >= 0.6 is 0 Å². The minimum absolute atomic E-state index is 0.217. The normalized spacial score (nSPS) is 22.1. The number of benzene rings is 5. The fourth-order valence-corrected chi connectivity index (χ4v) is 8.45. The van der Waals surface area contributed by atoms with Crippen molar-refractivity contribution in [1.29, 1.82) is 5.26 Å². The van der Waals surface area contributed by atoms with Crippen LogP contribution in [0.4, 0.5) is 0 Å². The molecule has 5 aromatic carbocycles. The van der Waals surface area contributed by atoms with Crippen molar-refractivity contribution >= 4 is 10.8 Å². The molecule has 2 bridgehead atoms. The lowest BCUT2D eigenvalue weighted by molar-refractivity contribution is 0.0834. The van der Waals surface area contributed by atoms with E-state index in [9.17, 15) is 5.26 Å². The average molecular weight is 611 g/mol. The molecule has 0 saturated heterocycles. The number of hydrogen-bond acceptors (Lipinski definition) is 4. The summed E-state index contributed by atoms with van der Waals surface area (Å²) in [6.07, 6.45) is 6.79. The third-order valence-electron chi connectivity index (χ3n) is 10.6. The van der Waals surface area contributed by atoms with Gasteiger partial charge in [-0.25, -0.2) is 15.0 Å². The molecule has 9 rings (SSSR count). The zero-order valence-electron chi connectivity index (χ0n) is 27.0. The van der Waals surface area contributed by atoms with Crippen LogP contribution < -0.4 is 0 Å². The molecule has 1 heterocycles. The maximum absolute atomic E-state index is 9.62. The number of nitrogens with zero attached hydrogens (tertiary/aromatic N) is 4. The molecule has 1 unspecified atom stereocenters. The molecule has 6 aromatic rings. The topological polar surface area (TPSA) is 62.5 Å². The van der Waals surface area contributed by atoms with Gasteiger partial charge in [0.1, 0.15) is 0 Å². The van der Waals surface area contributed by atoms with E-state index in [1.165, 1.54) is 37.7 Å². The quantitative estimate of drug-likeness (QED) is 0.195. The molecule has 3 saturated carbocycles. The standard InChI is InChI=1S/C43H38N4/c1-28-21-29-22-30(23-29)26-43(2,25-28)36-18-15-31(16-19-36)38-13-6-7-14-39(38)42-46-40(32-9-4-3-5-10-32)45-41(47-42)34-17-20-37-33(24-34)11-8-12-35(37)27-44/h3-20,24,28-30H,21-23,25-26H2,1-2H3/t28-,29-,30+,43?/m0/s1. The van der Waals surface area contributed by atoms with E-state index < -0.39 is 0 Å². The summed E-state index contributed by atoms with van der Waals surface area (Å²) in [5.74, 6) is 4.48. The Hall–Kier alpha value is -5.14. The first-order valence-corrected chi connectivity index (χ1v) is 16.9. The molecule has 3 aliphatic carbocycles. The number of aromatic nitrogens is 3. The fraction of sp³-hybridized carbons (Fsp3) is 0.256. The summed E-state index contributed by atoms with van der Waals surface area (Å²) < 4.78 is 0. The molecule has 0 aliphatic heterocycles. The molecule has 0 radical (unpaired) electrons. The molecule has 47 heavy (non-hydrogen) atoms. The van der Waals surface area contributed by atoms with Crippen LogP contribution in [0.3, 0.4) is 0 Å². The van der Waals surface area contributed by atoms with E-state index in [0.29, 0.717) is 23.0 Å². The van der Waals surface area contributed by atoms with Crippen LogP contribution in [-0.2, 0) is 5.41 Å². The molecule has 4 heteroatoms. The second kappa shape index (κ2) is 11.9. The highest BCUT2D eigenvalue weighted by molar-refractivity contribution is 5.91. The molecule has 1 aromatic heterocycles. The molecular weight excluding hydrogens is 573 g/mol. The van der Waals surface area contributed by atoms with Gasteiger partial charge in [0, 0.05) is 16.7 Å². The Bertz CT molecular complexity index is 2120. The van der Waals surface area contributed by atoms with Crippen molar-refractivity contribution < 1.29 is 0 Å². The van der Waals surface area contributed by atoms with Gasteiger partial charge >= 0.3 is 0 Å². The van der Waals surface area contributed by atoms with Crippen molar-refractivity contribution in [3.05, 3.63) is 126 Å². The number of hydrogen-bond donors (Lipinski definition) is 0. The first-order valence-electron chi connectivity index (χ1n) is 16.9. The van der Waals surface area contributed by atoms with Crippen molar-refractivity contribution in [2.24, 2.45) is 17.8 Å². The Morgan fingerprint density at radius 3 is 2.06 bits per heavy atom. The van der Waals surface area contributed by atoms with E-state index in [2.05, 4.69) is 74.5 Å². The first-order chi connectivity index (χ1) is 23.0. The summed E-state index contributed by atoms with van der Waals surface area (Å²) in [7, 11) is 0. The zero-order chi connectivity index (χ0) is 32.0.